The van der Waals surface area contributed by atoms with Crippen LogP contribution < -0.4 is 10.9 Å². The molecule has 2 aromatic carbocycles. The summed E-state index contributed by atoms with van der Waals surface area (Å²) in [6.45, 7) is 6.01. The third-order valence-corrected chi connectivity index (χ3v) is 7.21. The highest BCUT2D eigenvalue weighted by atomic mass is 32.2. The van der Waals surface area contributed by atoms with E-state index in [1.165, 1.54) is 28.7 Å². The monoisotopic (exact) mass is 449 g/mol. The van der Waals surface area contributed by atoms with Crippen molar-refractivity contribution in [2.24, 2.45) is 0 Å². The van der Waals surface area contributed by atoms with E-state index in [-0.39, 0.29) is 22.5 Å². The predicted molar refractivity (Wildman–Crippen MR) is 131 cm³/mol. The van der Waals surface area contributed by atoms with Gasteiger partial charge in [0.2, 0.25) is 5.91 Å². The first kappa shape index (κ1) is 21.3. The van der Waals surface area contributed by atoms with Crippen LogP contribution in [-0.2, 0) is 4.79 Å². The molecule has 31 heavy (non-hydrogen) atoms. The Morgan fingerprint density at radius 2 is 1.94 bits per heavy atom. The number of hydrogen-bond donors (Lipinski definition) is 2. The summed E-state index contributed by atoms with van der Waals surface area (Å²) in [5, 5.41) is 5.40. The summed E-state index contributed by atoms with van der Waals surface area (Å²) in [6.07, 6.45) is 0. The molecule has 0 aliphatic rings. The van der Waals surface area contributed by atoms with Crippen molar-refractivity contribution in [3.63, 3.8) is 0 Å². The van der Waals surface area contributed by atoms with Crippen molar-refractivity contribution in [2.45, 2.75) is 26.0 Å². The summed E-state index contributed by atoms with van der Waals surface area (Å²) in [5.74, 6) is 0.782. The Labute approximate surface area is 188 Å². The minimum Gasteiger partial charge on any atom is -0.325 e. The Kier molecular flexibility index (Phi) is 6.25. The van der Waals surface area contributed by atoms with Gasteiger partial charge >= 0.3 is 0 Å². The lowest BCUT2D eigenvalue weighted by Gasteiger charge is -2.11. The van der Waals surface area contributed by atoms with Crippen LogP contribution in [0.25, 0.3) is 21.3 Å². The largest absolute Gasteiger partial charge is 0.325 e. The number of aryl methyl sites for hydroxylation is 2. The van der Waals surface area contributed by atoms with Gasteiger partial charge in [0.15, 0.2) is 0 Å². The number of rotatable bonds is 6. The van der Waals surface area contributed by atoms with Crippen LogP contribution in [0.4, 0.5) is 5.69 Å². The fraction of sp³-hybridized carbons (Fsp3) is 0.208. The average molecular weight is 450 g/mol. The maximum Gasteiger partial charge on any atom is 0.260 e. The number of aromatic nitrogens is 2. The number of anilines is 1. The van der Waals surface area contributed by atoms with Gasteiger partial charge in [-0.05, 0) is 49.6 Å². The molecule has 0 fully saturated rings. The van der Waals surface area contributed by atoms with Gasteiger partial charge in [0.05, 0.1) is 16.4 Å². The molecule has 0 spiro atoms. The lowest BCUT2D eigenvalue weighted by Crippen LogP contribution is -2.16. The number of nitrogens with zero attached hydrogens (tertiary/aromatic N) is 1. The molecule has 0 aliphatic carbocycles. The van der Waals surface area contributed by atoms with Gasteiger partial charge in [0.25, 0.3) is 5.56 Å². The van der Waals surface area contributed by atoms with E-state index >= 15 is 0 Å². The Bertz CT molecular complexity index is 1300. The summed E-state index contributed by atoms with van der Waals surface area (Å²) >= 11 is 2.91. The number of nitrogens with one attached hydrogen (secondary N) is 2. The van der Waals surface area contributed by atoms with E-state index in [9.17, 15) is 9.59 Å². The van der Waals surface area contributed by atoms with Crippen molar-refractivity contribution < 1.29 is 4.79 Å². The molecule has 0 radical (unpaired) electrons. The van der Waals surface area contributed by atoms with Gasteiger partial charge in [-0.1, -0.05) is 36.4 Å². The summed E-state index contributed by atoms with van der Waals surface area (Å²) in [6, 6.07) is 15.7. The smallest absolute Gasteiger partial charge is 0.260 e. The standard InChI is InChI=1S/C24H23N3O2S2/c1-14-9-10-18(11-15(14)2)25-20(28)13-30-16(3)22-26-23(29)21-19(12-31-24(21)27-22)17-7-5-4-6-8-17/h4-12,16H,13H2,1-3H3,(H,25,28)(H,26,27,29)/t16-/m1/s1. The number of fused-ring (bicyclic) bond motifs is 1. The maximum absolute atomic E-state index is 12.8. The van der Waals surface area contributed by atoms with E-state index in [4.69, 9.17) is 0 Å². The molecule has 4 rings (SSSR count). The van der Waals surface area contributed by atoms with Crippen LogP contribution in [0, 0.1) is 13.8 Å². The average Bonchev–Trinajstić information content (AvgIpc) is 3.20. The van der Waals surface area contributed by atoms with Crippen LogP contribution in [0.3, 0.4) is 0 Å². The van der Waals surface area contributed by atoms with Crippen LogP contribution >= 0.6 is 23.1 Å². The first-order chi connectivity index (χ1) is 14.9. The van der Waals surface area contributed by atoms with E-state index in [1.807, 2.05) is 74.7 Å². The molecule has 2 heterocycles. The molecule has 0 saturated heterocycles. The van der Waals surface area contributed by atoms with Crippen LogP contribution in [0.5, 0.6) is 0 Å². The van der Waals surface area contributed by atoms with Crippen molar-refractivity contribution in [1.29, 1.82) is 0 Å². The molecule has 7 heteroatoms. The van der Waals surface area contributed by atoms with E-state index in [1.54, 1.807) is 0 Å². The number of aromatic amines is 1. The minimum absolute atomic E-state index is 0.0778. The lowest BCUT2D eigenvalue weighted by atomic mass is 10.1. The predicted octanol–water partition coefficient (Wildman–Crippen LogP) is 5.70. The van der Waals surface area contributed by atoms with Gasteiger partial charge in [0.1, 0.15) is 10.7 Å². The molecule has 4 aromatic rings. The zero-order valence-electron chi connectivity index (χ0n) is 17.6. The Morgan fingerprint density at radius 1 is 1.16 bits per heavy atom. The van der Waals surface area contributed by atoms with Gasteiger partial charge in [-0.15, -0.1) is 23.1 Å². The third-order valence-electron chi connectivity index (χ3n) is 5.19. The molecule has 0 unspecified atom stereocenters. The van der Waals surface area contributed by atoms with Crippen molar-refractivity contribution >= 4 is 44.9 Å². The first-order valence-electron chi connectivity index (χ1n) is 9.98. The molecule has 2 aromatic heterocycles. The van der Waals surface area contributed by atoms with Gasteiger partial charge in [-0.25, -0.2) is 4.98 Å². The summed E-state index contributed by atoms with van der Waals surface area (Å²) in [4.78, 5) is 33.5. The third kappa shape index (κ3) is 4.73. The second kappa shape index (κ2) is 9.08. The molecular weight excluding hydrogens is 426 g/mol. The van der Waals surface area contributed by atoms with E-state index < -0.39 is 0 Å². The minimum atomic E-state index is -0.146. The topological polar surface area (TPSA) is 74.8 Å². The fourth-order valence-electron chi connectivity index (χ4n) is 3.28. The molecule has 1 atom stereocenters. The van der Waals surface area contributed by atoms with Crippen LogP contribution in [0.15, 0.2) is 58.7 Å². The van der Waals surface area contributed by atoms with Gasteiger partial charge < -0.3 is 10.3 Å². The first-order valence-corrected chi connectivity index (χ1v) is 11.9. The molecule has 0 bridgehead atoms. The fourth-order valence-corrected chi connectivity index (χ4v) is 4.98. The van der Waals surface area contributed by atoms with Crippen molar-refractivity contribution in [3.8, 4) is 11.1 Å². The highest BCUT2D eigenvalue weighted by Crippen LogP contribution is 2.32. The number of hydrogen-bond acceptors (Lipinski definition) is 5. The number of carbonyl (C=O) groups excluding carboxylic acids is 1. The normalized spacial score (nSPS) is 12.1. The molecule has 158 valence electrons. The molecule has 1 amide bonds. The Morgan fingerprint density at radius 3 is 2.68 bits per heavy atom. The highest BCUT2D eigenvalue weighted by Gasteiger charge is 2.17. The number of benzene rings is 2. The number of amides is 1. The lowest BCUT2D eigenvalue weighted by molar-refractivity contribution is -0.113. The van der Waals surface area contributed by atoms with Crippen molar-refractivity contribution in [3.05, 3.63) is 81.2 Å². The quantitative estimate of drug-likeness (QED) is 0.396. The van der Waals surface area contributed by atoms with E-state index in [2.05, 4.69) is 15.3 Å². The highest BCUT2D eigenvalue weighted by molar-refractivity contribution is 8.00. The summed E-state index contributed by atoms with van der Waals surface area (Å²) in [5.41, 5.74) is 4.87. The molecule has 0 saturated carbocycles. The Balaban J connectivity index is 1.46. The molecular formula is C24H23N3O2S2. The summed E-state index contributed by atoms with van der Waals surface area (Å²) < 4.78 is 0. The summed E-state index contributed by atoms with van der Waals surface area (Å²) in [7, 11) is 0. The molecule has 5 nitrogen and oxygen atoms in total. The maximum atomic E-state index is 12.8. The zero-order valence-corrected chi connectivity index (χ0v) is 19.2. The Hall–Kier alpha value is -2.90. The number of H-pyrrole nitrogens is 1. The van der Waals surface area contributed by atoms with Crippen molar-refractivity contribution in [1.82, 2.24) is 9.97 Å². The van der Waals surface area contributed by atoms with Crippen LogP contribution in [-0.4, -0.2) is 21.6 Å². The van der Waals surface area contributed by atoms with Crippen molar-refractivity contribution in [2.75, 3.05) is 11.1 Å². The number of thioether (sulfide) groups is 1. The second-order valence-corrected chi connectivity index (χ2v) is 9.63. The molecule has 2 N–H and O–H groups in total. The van der Waals surface area contributed by atoms with Gasteiger partial charge in [0, 0.05) is 16.6 Å². The van der Waals surface area contributed by atoms with Gasteiger partial charge in [-0.3, -0.25) is 9.59 Å². The van der Waals surface area contributed by atoms with Gasteiger partial charge in [-0.2, -0.15) is 0 Å². The second-order valence-electron chi connectivity index (χ2n) is 7.45. The molecule has 0 aliphatic heterocycles. The van der Waals surface area contributed by atoms with Crippen LogP contribution in [0.2, 0.25) is 0 Å². The zero-order chi connectivity index (χ0) is 22.0. The van der Waals surface area contributed by atoms with E-state index in [0.717, 1.165) is 22.4 Å². The number of carbonyl (C=O) groups is 1. The van der Waals surface area contributed by atoms with E-state index in [0.29, 0.717) is 16.0 Å². The van der Waals surface area contributed by atoms with Crippen LogP contribution in [0.1, 0.15) is 29.1 Å². The number of thiophene rings is 1. The SMILES string of the molecule is Cc1ccc(NC(=O)CS[C@H](C)c2nc3scc(-c4ccccc4)c3c(=O)[nH]2)cc1C.